The van der Waals surface area contributed by atoms with Crippen LogP contribution in [0.5, 0.6) is 0 Å². The number of aryl methyl sites for hydroxylation is 1. The zero-order valence-electron chi connectivity index (χ0n) is 22.2. The Morgan fingerprint density at radius 2 is 1.77 bits per heavy atom. The Morgan fingerprint density at radius 3 is 2.60 bits per heavy atom. The van der Waals surface area contributed by atoms with Gasteiger partial charge in [0.2, 0.25) is 0 Å². The first-order valence-corrected chi connectivity index (χ1v) is 13.2. The van der Waals surface area contributed by atoms with Gasteiger partial charge in [-0.2, -0.15) is 5.10 Å². The van der Waals surface area contributed by atoms with Crippen molar-refractivity contribution < 1.29 is 0 Å². The van der Waals surface area contributed by atoms with Crippen LogP contribution in [0.25, 0.3) is 39.1 Å². The fourth-order valence-corrected chi connectivity index (χ4v) is 4.82. The molecule has 0 saturated carbocycles. The predicted molar refractivity (Wildman–Crippen MR) is 160 cm³/mol. The molecule has 0 amide bonds. The molecule has 0 aliphatic carbocycles. The van der Waals surface area contributed by atoms with Crippen LogP contribution in [0, 0.1) is 6.92 Å². The van der Waals surface area contributed by atoms with Gasteiger partial charge in [0.15, 0.2) is 5.82 Å². The highest BCUT2D eigenvalue weighted by atomic mass is 15.1. The van der Waals surface area contributed by atoms with Crippen LogP contribution in [0.1, 0.15) is 28.2 Å². The molecule has 0 unspecified atom stereocenters. The van der Waals surface area contributed by atoms with Crippen molar-refractivity contribution in [3.05, 3.63) is 138 Å². The molecular weight excluding hydrogens is 494 g/mol. The Balaban J connectivity index is 1.29. The van der Waals surface area contributed by atoms with Crippen molar-refractivity contribution >= 4 is 16.5 Å². The molecule has 4 aromatic heterocycles. The largest absolute Gasteiger partial charge is 0.340 e. The second kappa shape index (κ2) is 11.3. The summed E-state index contributed by atoms with van der Waals surface area (Å²) in [5.41, 5.74) is 9.70. The molecular formula is C33H29N7. The lowest BCUT2D eigenvalue weighted by Crippen LogP contribution is -2.12. The van der Waals surface area contributed by atoms with Crippen LogP contribution in [0.4, 0.5) is 0 Å². The number of aromatic nitrogens is 6. The van der Waals surface area contributed by atoms with Crippen molar-refractivity contribution in [2.75, 3.05) is 0 Å². The molecule has 0 saturated heterocycles. The average molecular weight is 524 g/mol. The second-order valence-electron chi connectivity index (χ2n) is 9.59. The van der Waals surface area contributed by atoms with E-state index in [4.69, 9.17) is 4.98 Å². The summed E-state index contributed by atoms with van der Waals surface area (Å²) in [6.07, 6.45) is 9.28. The number of H-pyrrole nitrogens is 2. The summed E-state index contributed by atoms with van der Waals surface area (Å²) >= 11 is 0. The molecule has 3 N–H and O–H groups in total. The van der Waals surface area contributed by atoms with Gasteiger partial charge in [-0.15, -0.1) is 0 Å². The highest BCUT2D eigenvalue weighted by molar-refractivity contribution is 5.94. The van der Waals surface area contributed by atoms with E-state index in [1.165, 1.54) is 5.56 Å². The molecule has 0 bridgehead atoms. The fraction of sp³-hybridized carbons (Fsp3) is 0.0909. The fourth-order valence-electron chi connectivity index (χ4n) is 4.82. The van der Waals surface area contributed by atoms with Gasteiger partial charge in [-0.1, -0.05) is 61.2 Å². The molecule has 7 nitrogen and oxygen atoms in total. The van der Waals surface area contributed by atoms with E-state index >= 15 is 0 Å². The summed E-state index contributed by atoms with van der Waals surface area (Å²) in [6, 6.07) is 24.7. The van der Waals surface area contributed by atoms with Crippen molar-refractivity contribution in [2.45, 2.75) is 20.0 Å². The van der Waals surface area contributed by atoms with Crippen molar-refractivity contribution in [2.24, 2.45) is 0 Å². The first-order valence-electron chi connectivity index (χ1n) is 13.2. The molecule has 6 rings (SSSR count). The SMILES string of the molecule is C=C/C=C(/c1ccccn1)c1nc(-c2n[nH]c3ccc(-c4cncc(CNCc5ccccc5)c4)cc23)[nH]c1C. The number of rotatable bonds is 9. The minimum Gasteiger partial charge on any atom is -0.340 e. The Morgan fingerprint density at radius 1 is 0.925 bits per heavy atom. The summed E-state index contributed by atoms with van der Waals surface area (Å²) in [5, 5.41) is 12.3. The van der Waals surface area contributed by atoms with Crippen molar-refractivity contribution in [3.63, 3.8) is 0 Å². The van der Waals surface area contributed by atoms with Crippen LogP contribution in [0.3, 0.4) is 0 Å². The number of imidazole rings is 1. The summed E-state index contributed by atoms with van der Waals surface area (Å²) in [4.78, 5) is 17.4. The van der Waals surface area contributed by atoms with Gasteiger partial charge >= 0.3 is 0 Å². The molecule has 0 radical (unpaired) electrons. The molecule has 0 aliphatic heterocycles. The van der Waals surface area contributed by atoms with Gasteiger partial charge < -0.3 is 10.3 Å². The molecule has 7 heteroatoms. The quantitative estimate of drug-likeness (QED) is 0.185. The number of hydrogen-bond acceptors (Lipinski definition) is 5. The molecule has 40 heavy (non-hydrogen) atoms. The van der Waals surface area contributed by atoms with Gasteiger partial charge in [0.25, 0.3) is 0 Å². The Kier molecular flexibility index (Phi) is 7.11. The maximum absolute atomic E-state index is 4.96. The van der Waals surface area contributed by atoms with Crippen molar-refractivity contribution in [1.29, 1.82) is 0 Å². The first kappa shape index (κ1) is 25.2. The van der Waals surface area contributed by atoms with Gasteiger partial charge in [0, 0.05) is 53.9 Å². The number of nitrogens with one attached hydrogen (secondary N) is 3. The third-order valence-corrected chi connectivity index (χ3v) is 6.78. The smallest absolute Gasteiger partial charge is 0.159 e. The Hall–Kier alpha value is -5.14. The standard InChI is InChI=1S/C33H29N7/c1-3-9-27(29-12-7-8-15-36-29)31-22(2)37-33(38-31)32-28-17-25(13-14-30(28)39-40-32)26-16-24(20-35-21-26)19-34-18-23-10-5-4-6-11-23/h3-17,20-21,34H,1,18-19H2,2H3,(H,37,38)(H,39,40)/b27-9-. The van der Waals surface area contributed by atoms with Crippen molar-refractivity contribution in [3.8, 4) is 22.6 Å². The number of hydrogen-bond donors (Lipinski definition) is 3. The van der Waals surface area contributed by atoms with Gasteiger partial charge in [-0.05, 0) is 53.9 Å². The molecule has 2 aromatic carbocycles. The predicted octanol–water partition coefficient (Wildman–Crippen LogP) is 6.63. The number of allylic oxidation sites excluding steroid dienone is 2. The average Bonchev–Trinajstić information content (AvgIpc) is 3.60. The van der Waals surface area contributed by atoms with Crippen LogP contribution in [0.2, 0.25) is 0 Å². The third kappa shape index (κ3) is 5.23. The van der Waals surface area contributed by atoms with Crippen LogP contribution < -0.4 is 5.32 Å². The van der Waals surface area contributed by atoms with Gasteiger partial charge in [-0.3, -0.25) is 15.1 Å². The first-order chi connectivity index (χ1) is 19.7. The number of pyridine rings is 2. The lowest BCUT2D eigenvalue weighted by atomic mass is 10.0. The van der Waals surface area contributed by atoms with Crippen LogP contribution in [-0.4, -0.2) is 30.1 Å². The van der Waals surface area contributed by atoms with E-state index in [1.54, 1.807) is 12.3 Å². The van der Waals surface area contributed by atoms with Gasteiger partial charge in [-0.25, -0.2) is 4.98 Å². The highest BCUT2D eigenvalue weighted by Crippen LogP contribution is 2.32. The normalized spacial score (nSPS) is 11.7. The Labute approximate surface area is 232 Å². The lowest BCUT2D eigenvalue weighted by molar-refractivity contribution is 0.691. The van der Waals surface area contributed by atoms with E-state index in [9.17, 15) is 0 Å². The molecule has 0 spiro atoms. The zero-order valence-corrected chi connectivity index (χ0v) is 22.2. The summed E-state index contributed by atoms with van der Waals surface area (Å²) in [7, 11) is 0. The molecule has 4 heterocycles. The molecule has 0 atom stereocenters. The topological polar surface area (TPSA) is 95.2 Å². The van der Waals surface area contributed by atoms with E-state index in [-0.39, 0.29) is 0 Å². The van der Waals surface area contributed by atoms with Crippen LogP contribution >= 0.6 is 0 Å². The van der Waals surface area contributed by atoms with E-state index in [0.717, 1.165) is 69.0 Å². The minimum absolute atomic E-state index is 0.693. The number of nitrogens with zero attached hydrogens (tertiary/aromatic N) is 4. The Bertz CT molecular complexity index is 1800. The second-order valence-corrected chi connectivity index (χ2v) is 9.59. The van der Waals surface area contributed by atoms with E-state index in [2.05, 4.69) is 85.6 Å². The molecule has 6 aromatic rings. The van der Waals surface area contributed by atoms with Crippen LogP contribution in [0.15, 0.2) is 110 Å². The van der Waals surface area contributed by atoms with Crippen molar-refractivity contribution in [1.82, 2.24) is 35.5 Å². The third-order valence-electron chi connectivity index (χ3n) is 6.78. The minimum atomic E-state index is 0.693. The highest BCUT2D eigenvalue weighted by Gasteiger charge is 2.18. The maximum Gasteiger partial charge on any atom is 0.159 e. The summed E-state index contributed by atoms with van der Waals surface area (Å²) in [6.45, 7) is 7.44. The number of aromatic amines is 2. The van der Waals surface area contributed by atoms with Crippen LogP contribution in [-0.2, 0) is 13.1 Å². The molecule has 196 valence electrons. The van der Waals surface area contributed by atoms with E-state index in [0.29, 0.717) is 5.82 Å². The monoisotopic (exact) mass is 523 g/mol. The van der Waals surface area contributed by atoms with E-state index in [1.807, 2.05) is 49.7 Å². The zero-order chi connectivity index (χ0) is 27.3. The summed E-state index contributed by atoms with van der Waals surface area (Å²) in [5.74, 6) is 0.693. The molecule has 0 aliphatic rings. The number of fused-ring (bicyclic) bond motifs is 1. The van der Waals surface area contributed by atoms with Gasteiger partial charge in [0.05, 0.1) is 16.9 Å². The number of benzene rings is 2. The lowest BCUT2D eigenvalue weighted by Gasteiger charge is -2.07. The van der Waals surface area contributed by atoms with Gasteiger partial charge in [0.1, 0.15) is 5.69 Å². The van der Waals surface area contributed by atoms with E-state index < -0.39 is 0 Å². The summed E-state index contributed by atoms with van der Waals surface area (Å²) < 4.78 is 0. The molecule has 0 fully saturated rings. The maximum atomic E-state index is 4.96.